The second kappa shape index (κ2) is 7.08. The summed E-state index contributed by atoms with van der Waals surface area (Å²) in [5.41, 5.74) is 1.59. The van der Waals surface area contributed by atoms with Gasteiger partial charge in [0.05, 0.1) is 7.11 Å². The van der Waals surface area contributed by atoms with E-state index < -0.39 is 5.63 Å². The molecule has 0 aliphatic heterocycles. The zero-order valence-electron chi connectivity index (χ0n) is 15.0. The van der Waals surface area contributed by atoms with Gasteiger partial charge in [-0.2, -0.15) is 0 Å². The van der Waals surface area contributed by atoms with E-state index in [0.29, 0.717) is 21.5 Å². The van der Waals surface area contributed by atoms with Gasteiger partial charge >= 0.3 is 5.63 Å². The van der Waals surface area contributed by atoms with E-state index in [4.69, 9.17) is 9.15 Å². The number of nitrogens with one attached hydrogen (secondary N) is 1. The molecule has 0 radical (unpaired) electrons. The molecule has 3 aromatic carbocycles. The third-order valence-electron chi connectivity index (χ3n) is 4.67. The standard InChI is InChI=1S/C22H18BrNO3/c1-13(15-8-7-14-5-3-4-6-16(14)11-15)24-18-12-17-9-10-19(26-2)20(23)21(17)27-22(18)25/h3-13,24H,1-2H3/t13-/m1/s1. The quantitative estimate of drug-likeness (QED) is 0.415. The van der Waals surface area contributed by atoms with Crippen LogP contribution in [-0.2, 0) is 0 Å². The van der Waals surface area contributed by atoms with Crippen molar-refractivity contribution in [3.05, 3.63) is 81.1 Å². The maximum absolute atomic E-state index is 12.5. The van der Waals surface area contributed by atoms with Gasteiger partial charge in [-0.15, -0.1) is 0 Å². The van der Waals surface area contributed by atoms with Gasteiger partial charge in [0, 0.05) is 11.4 Å². The second-order valence-electron chi connectivity index (χ2n) is 6.42. The molecule has 1 atom stereocenters. The van der Waals surface area contributed by atoms with Gasteiger partial charge < -0.3 is 14.5 Å². The summed E-state index contributed by atoms with van der Waals surface area (Å²) in [6.45, 7) is 2.03. The number of hydrogen-bond donors (Lipinski definition) is 1. The predicted octanol–water partition coefficient (Wildman–Crippen LogP) is 5.89. The van der Waals surface area contributed by atoms with E-state index in [0.717, 1.165) is 10.9 Å². The Bertz CT molecular complexity index is 1200. The third-order valence-corrected chi connectivity index (χ3v) is 5.42. The molecular weight excluding hydrogens is 406 g/mol. The molecular formula is C22H18BrNO3. The molecule has 0 saturated carbocycles. The molecule has 27 heavy (non-hydrogen) atoms. The number of halogens is 1. The molecule has 0 spiro atoms. The van der Waals surface area contributed by atoms with Crippen LogP contribution >= 0.6 is 15.9 Å². The fraction of sp³-hybridized carbons (Fsp3) is 0.136. The molecule has 0 saturated heterocycles. The number of rotatable bonds is 4. The minimum Gasteiger partial charge on any atom is -0.495 e. The highest BCUT2D eigenvalue weighted by Gasteiger charge is 2.14. The van der Waals surface area contributed by atoms with Gasteiger partial charge in [0.25, 0.3) is 0 Å². The van der Waals surface area contributed by atoms with Crippen LogP contribution in [0.4, 0.5) is 5.69 Å². The maximum Gasteiger partial charge on any atom is 0.359 e. The highest BCUT2D eigenvalue weighted by atomic mass is 79.9. The minimum absolute atomic E-state index is 0.0448. The van der Waals surface area contributed by atoms with Gasteiger partial charge in [0.1, 0.15) is 15.9 Å². The van der Waals surface area contributed by atoms with Crippen molar-refractivity contribution in [2.24, 2.45) is 0 Å². The summed E-state index contributed by atoms with van der Waals surface area (Å²) in [6.07, 6.45) is 0. The van der Waals surface area contributed by atoms with Crippen LogP contribution in [-0.4, -0.2) is 7.11 Å². The van der Waals surface area contributed by atoms with E-state index in [1.54, 1.807) is 7.11 Å². The summed E-state index contributed by atoms with van der Waals surface area (Å²) in [5, 5.41) is 6.46. The Morgan fingerprint density at radius 2 is 1.74 bits per heavy atom. The van der Waals surface area contributed by atoms with E-state index in [9.17, 15) is 4.79 Å². The van der Waals surface area contributed by atoms with Crippen molar-refractivity contribution in [2.45, 2.75) is 13.0 Å². The molecule has 136 valence electrons. The van der Waals surface area contributed by atoms with Crippen molar-refractivity contribution in [3.8, 4) is 5.75 Å². The van der Waals surface area contributed by atoms with Crippen molar-refractivity contribution >= 4 is 43.4 Å². The van der Waals surface area contributed by atoms with Crippen LogP contribution in [0.3, 0.4) is 0 Å². The van der Waals surface area contributed by atoms with E-state index >= 15 is 0 Å². The molecule has 4 rings (SSSR count). The first-order valence-electron chi connectivity index (χ1n) is 8.62. The second-order valence-corrected chi connectivity index (χ2v) is 7.21. The average Bonchev–Trinajstić information content (AvgIpc) is 2.69. The highest BCUT2D eigenvalue weighted by Crippen LogP contribution is 2.33. The van der Waals surface area contributed by atoms with Gasteiger partial charge in [0.15, 0.2) is 5.58 Å². The van der Waals surface area contributed by atoms with Crippen LogP contribution in [0.2, 0.25) is 0 Å². The number of fused-ring (bicyclic) bond motifs is 2. The normalized spacial score (nSPS) is 12.3. The van der Waals surface area contributed by atoms with Gasteiger partial charge in [-0.3, -0.25) is 0 Å². The third kappa shape index (κ3) is 3.30. The zero-order chi connectivity index (χ0) is 19.0. The summed E-state index contributed by atoms with van der Waals surface area (Å²) < 4.78 is 11.4. The molecule has 1 heterocycles. The van der Waals surface area contributed by atoms with Gasteiger partial charge in [-0.1, -0.05) is 36.4 Å². The number of methoxy groups -OCH3 is 1. The van der Waals surface area contributed by atoms with Gasteiger partial charge in [-0.05, 0) is 63.5 Å². The lowest BCUT2D eigenvalue weighted by atomic mass is 10.0. The molecule has 0 unspecified atom stereocenters. The summed E-state index contributed by atoms with van der Waals surface area (Å²) >= 11 is 3.43. The summed E-state index contributed by atoms with van der Waals surface area (Å²) in [4.78, 5) is 12.5. The molecule has 1 aromatic heterocycles. The molecule has 4 aromatic rings. The Hall–Kier alpha value is -2.79. The Balaban J connectivity index is 1.69. The fourth-order valence-corrected chi connectivity index (χ4v) is 3.79. The lowest BCUT2D eigenvalue weighted by Crippen LogP contribution is -2.14. The van der Waals surface area contributed by atoms with Crippen LogP contribution in [0.5, 0.6) is 5.75 Å². The molecule has 0 aliphatic rings. The molecule has 5 heteroatoms. The Morgan fingerprint density at radius 3 is 2.52 bits per heavy atom. The Morgan fingerprint density at radius 1 is 1.00 bits per heavy atom. The van der Waals surface area contributed by atoms with Crippen LogP contribution in [0.15, 0.2) is 74.3 Å². The van der Waals surface area contributed by atoms with Crippen LogP contribution in [0.25, 0.3) is 21.7 Å². The molecule has 0 fully saturated rings. The molecule has 0 aliphatic carbocycles. The van der Waals surface area contributed by atoms with Crippen molar-refractivity contribution in [1.29, 1.82) is 0 Å². The monoisotopic (exact) mass is 423 g/mol. The number of hydrogen-bond acceptors (Lipinski definition) is 4. The van der Waals surface area contributed by atoms with Crippen LogP contribution < -0.4 is 15.7 Å². The fourth-order valence-electron chi connectivity index (χ4n) is 3.18. The van der Waals surface area contributed by atoms with Crippen molar-refractivity contribution in [3.63, 3.8) is 0 Å². The zero-order valence-corrected chi connectivity index (χ0v) is 16.5. The first-order valence-corrected chi connectivity index (χ1v) is 9.41. The topological polar surface area (TPSA) is 51.5 Å². The van der Waals surface area contributed by atoms with E-state index in [-0.39, 0.29) is 6.04 Å². The van der Waals surface area contributed by atoms with Crippen molar-refractivity contribution in [1.82, 2.24) is 0 Å². The first-order chi connectivity index (χ1) is 13.1. The molecule has 0 amide bonds. The maximum atomic E-state index is 12.5. The van der Waals surface area contributed by atoms with E-state index in [2.05, 4.69) is 51.6 Å². The lowest BCUT2D eigenvalue weighted by Gasteiger charge is -2.16. The number of anilines is 1. The Labute approximate surface area is 164 Å². The van der Waals surface area contributed by atoms with Gasteiger partial charge in [-0.25, -0.2) is 4.79 Å². The largest absolute Gasteiger partial charge is 0.495 e. The average molecular weight is 424 g/mol. The summed E-state index contributed by atoms with van der Waals surface area (Å²) in [6, 6.07) is 20.0. The van der Waals surface area contributed by atoms with E-state index in [1.807, 2.05) is 37.3 Å². The predicted molar refractivity (Wildman–Crippen MR) is 113 cm³/mol. The van der Waals surface area contributed by atoms with E-state index in [1.165, 1.54) is 10.8 Å². The Kier molecular flexibility index (Phi) is 4.62. The van der Waals surface area contributed by atoms with Gasteiger partial charge in [0.2, 0.25) is 0 Å². The smallest absolute Gasteiger partial charge is 0.359 e. The SMILES string of the molecule is COc1ccc2cc(N[C@H](C)c3ccc4ccccc4c3)c(=O)oc2c1Br. The first kappa shape index (κ1) is 17.6. The minimum atomic E-state index is -0.413. The molecule has 4 nitrogen and oxygen atoms in total. The summed E-state index contributed by atoms with van der Waals surface area (Å²) in [5.74, 6) is 0.621. The van der Waals surface area contributed by atoms with Crippen molar-refractivity contribution in [2.75, 3.05) is 12.4 Å². The van der Waals surface area contributed by atoms with Crippen LogP contribution in [0.1, 0.15) is 18.5 Å². The summed E-state index contributed by atoms with van der Waals surface area (Å²) in [7, 11) is 1.57. The number of ether oxygens (including phenoxy) is 1. The number of benzene rings is 3. The molecule has 1 N–H and O–H groups in total. The van der Waals surface area contributed by atoms with Crippen molar-refractivity contribution < 1.29 is 9.15 Å². The highest BCUT2D eigenvalue weighted by molar-refractivity contribution is 9.10. The lowest BCUT2D eigenvalue weighted by molar-refractivity contribution is 0.411. The van der Waals surface area contributed by atoms with Crippen LogP contribution in [0, 0.1) is 0 Å². The molecule has 0 bridgehead atoms.